The van der Waals surface area contributed by atoms with Crippen LogP contribution < -0.4 is 4.90 Å². The van der Waals surface area contributed by atoms with Gasteiger partial charge in [-0.3, -0.25) is 4.90 Å². The molecule has 23 heavy (non-hydrogen) atoms. The highest BCUT2D eigenvalue weighted by Crippen LogP contribution is 2.17. The van der Waals surface area contributed by atoms with Crippen molar-refractivity contribution in [2.75, 3.05) is 37.6 Å². The van der Waals surface area contributed by atoms with Crippen LogP contribution in [-0.4, -0.2) is 45.7 Å². The Bertz CT molecular complexity index is 525. The molecule has 0 aromatic heterocycles. The first-order chi connectivity index (χ1) is 11.0. The molecule has 1 aliphatic rings. The maximum atomic E-state index is 3.44. The van der Waals surface area contributed by atoms with Gasteiger partial charge in [0.05, 0.1) is 0 Å². The molecule has 0 bridgehead atoms. The van der Waals surface area contributed by atoms with E-state index >= 15 is 0 Å². The zero-order chi connectivity index (χ0) is 16.7. The van der Waals surface area contributed by atoms with Crippen molar-refractivity contribution in [3.05, 3.63) is 29.8 Å². The van der Waals surface area contributed by atoms with E-state index in [0.29, 0.717) is 0 Å². The maximum absolute atomic E-state index is 3.44. The lowest BCUT2D eigenvalue weighted by Gasteiger charge is -2.36. The highest BCUT2D eigenvalue weighted by molar-refractivity contribution is 6.83. The van der Waals surface area contributed by atoms with E-state index in [1.807, 2.05) is 0 Å². The fourth-order valence-electron chi connectivity index (χ4n) is 2.83. The van der Waals surface area contributed by atoms with E-state index in [1.54, 1.807) is 0 Å². The highest BCUT2D eigenvalue weighted by atomic mass is 28.3. The molecule has 126 valence electrons. The molecule has 0 unspecified atom stereocenters. The van der Waals surface area contributed by atoms with Crippen LogP contribution >= 0.6 is 0 Å². The molecule has 0 radical (unpaired) electrons. The van der Waals surface area contributed by atoms with Gasteiger partial charge in [0, 0.05) is 37.4 Å². The Kier molecular flexibility index (Phi) is 6.74. The number of anilines is 1. The first-order valence-electron chi connectivity index (χ1n) is 9.08. The third kappa shape index (κ3) is 6.41. The Morgan fingerprint density at radius 1 is 0.957 bits per heavy atom. The summed E-state index contributed by atoms with van der Waals surface area (Å²) >= 11 is 0. The van der Waals surface area contributed by atoms with E-state index in [2.05, 4.69) is 72.1 Å². The molecule has 0 saturated carbocycles. The van der Waals surface area contributed by atoms with Crippen molar-refractivity contribution in [3.63, 3.8) is 0 Å². The number of benzene rings is 1. The minimum Gasteiger partial charge on any atom is -0.369 e. The van der Waals surface area contributed by atoms with Gasteiger partial charge in [-0.05, 0) is 37.2 Å². The van der Waals surface area contributed by atoms with Crippen molar-refractivity contribution in [1.29, 1.82) is 0 Å². The van der Waals surface area contributed by atoms with Crippen molar-refractivity contribution >= 4 is 13.8 Å². The summed E-state index contributed by atoms with van der Waals surface area (Å²) in [6.07, 6.45) is 4.02. The molecule has 0 N–H and O–H groups in total. The van der Waals surface area contributed by atoms with Gasteiger partial charge in [0.15, 0.2) is 0 Å². The second kappa shape index (κ2) is 8.56. The molecule has 0 amide bonds. The summed E-state index contributed by atoms with van der Waals surface area (Å²) in [5, 5.41) is 0. The molecule has 1 aliphatic heterocycles. The van der Waals surface area contributed by atoms with Gasteiger partial charge in [-0.15, -0.1) is 5.54 Å². The molecule has 1 fully saturated rings. The van der Waals surface area contributed by atoms with Crippen LogP contribution in [0.5, 0.6) is 0 Å². The second-order valence-corrected chi connectivity index (χ2v) is 12.3. The molecular formula is C20H32N2Si. The molecule has 2 rings (SSSR count). The number of rotatable bonds is 5. The van der Waals surface area contributed by atoms with Crippen LogP contribution in [0.3, 0.4) is 0 Å². The Morgan fingerprint density at radius 3 is 2.17 bits per heavy atom. The van der Waals surface area contributed by atoms with E-state index in [1.165, 1.54) is 44.6 Å². The number of nitrogens with zero attached hydrogens (tertiary/aromatic N) is 2. The third-order valence-corrected chi connectivity index (χ3v) is 5.14. The van der Waals surface area contributed by atoms with E-state index in [0.717, 1.165) is 18.7 Å². The van der Waals surface area contributed by atoms with Gasteiger partial charge in [0.25, 0.3) is 0 Å². The van der Waals surface area contributed by atoms with Gasteiger partial charge >= 0.3 is 0 Å². The fraction of sp³-hybridized carbons (Fsp3) is 0.600. The van der Waals surface area contributed by atoms with Gasteiger partial charge in [0.1, 0.15) is 8.07 Å². The number of piperazine rings is 1. The number of unbranched alkanes of at least 4 members (excludes halogenated alkanes) is 2. The average Bonchev–Trinajstić information content (AvgIpc) is 2.54. The fourth-order valence-corrected chi connectivity index (χ4v) is 3.35. The van der Waals surface area contributed by atoms with E-state index in [9.17, 15) is 0 Å². The van der Waals surface area contributed by atoms with Gasteiger partial charge in [-0.2, -0.15) is 0 Å². The minimum atomic E-state index is -1.28. The molecule has 3 heteroatoms. The van der Waals surface area contributed by atoms with Gasteiger partial charge < -0.3 is 4.90 Å². The van der Waals surface area contributed by atoms with Crippen LogP contribution in [0.25, 0.3) is 0 Å². The lowest BCUT2D eigenvalue weighted by atomic mass is 10.2. The summed E-state index contributed by atoms with van der Waals surface area (Å²) in [6.45, 7) is 15.1. The molecule has 0 spiro atoms. The number of hydrogen-bond acceptors (Lipinski definition) is 2. The second-order valence-electron chi connectivity index (χ2n) is 7.58. The summed E-state index contributed by atoms with van der Waals surface area (Å²) in [5.74, 6) is 3.34. The lowest BCUT2D eigenvalue weighted by Crippen LogP contribution is -2.46. The smallest absolute Gasteiger partial charge is 0.129 e. The Morgan fingerprint density at radius 2 is 1.61 bits per heavy atom. The standard InChI is InChI=1S/C20H32N2Si/c1-5-6-7-13-21-14-16-22(17-15-21)20-10-8-19(9-11-20)12-18-23(2,3)4/h8-11H,5-7,13-17H2,1-4H3. The first-order valence-corrected chi connectivity index (χ1v) is 12.6. The summed E-state index contributed by atoms with van der Waals surface area (Å²) in [4.78, 5) is 5.12. The SMILES string of the molecule is CCCCCN1CCN(c2ccc(C#C[Si](C)(C)C)cc2)CC1. The molecule has 1 heterocycles. The van der Waals surface area contributed by atoms with E-state index < -0.39 is 8.07 Å². The van der Waals surface area contributed by atoms with Crippen molar-refractivity contribution in [2.24, 2.45) is 0 Å². The topological polar surface area (TPSA) is 6.48 Å². The van der Waals surface area contributed by atoms with Crippen LogP contribution in [0.15, 0.2) is 24.3 Å². The Labute approximate surface area is 143 Å². The number of hydrogen-bond donors (Lipinski definition) is 0. The minimum absolute atomic E-state index is 1.14. The Hall–Kier alpha value is -1.24. The molecule has 1 saturated heterocycles. The van der Waals surface area contributed by atoms with Crippen LogP contribution in [0, 0.1) is 11.5 Å². The van der Waals surface area contributed by atoms with Crippen molar-refractivity contribution in [3.8, 4) is 11.5 Å². The Balaban J connectivity index is 1.85. The normalized spacial score (nSPS) is 16.1. The van der Waals surface area contributed by atoms with Crippen molar-refractivity contribution in [1.82, 2.24) is 4.90 Å². The van der Waals surface area contributed by atoms with Crippen LogP contribution in [0.4, 0.5) is 5.69 Å². The molecule has 0 atom stereocenters. The monoisotopic (exact) mass is 328 g/mol. The van der Waals surface area contributed by atoms with Crippen LogP contribution in [0.1, 0.15) is 31.7 Å². The molecule has 1 aromatic carbocycles. The largest absolute Gasteiger partial charge is 0.369 e. The summed E-state index contributed by atoms with van der Waals surface area (Å²) in [5.41, 5.74) is 5.93. The summed E-state index contributed by atoms with van der Waals surface area (Å²) < 4.78 is 0. The molecule has 1 aromatic rings. The van der Waals surface area contributed by atoms with Crippen LogP contribution in [0.2, 0.25) is 19.6 Å². The van der Waals surface area contributed by atoms with E-state index in [-0.39, 0.29) is 0 Å². The van der Waals surface area contributed by atoms with Crippen molar-refractivity contribution < 1.29 is 0 Å². The summed E-state index contributed by atoms with van der Waals surface area (Å²) in [7, 11) is -1.28. The zero-order valence-corrected chi connectivity index (χ0v) is 16.4. The molecule has 2 nitrogen and oxygen atoms in total. The zero-order valence-electron chi connectivity index (χ0n) is 15.4. The average molecular weight is 329 g/mol. The lowest BCUT2D eigenvalue weighted by molar-refractivity contribution is 0.252. The van der Waals surface area contributed by atoms with Crippen molar-refractivity contribution in [2.45, 2.75) is 45.8 Å². The predicted octanol–water partition coefficient (Wildman–Crippen LogP) is 4.23. The van der Waals surface area contributed by atoms with Gasteiger partial charge in [-0.1, -0.05) is 45.3 Å². The maximum Gasteiger partial charge on any atom is 0.129 e. The first kappa shape index (κ1) is 18.1. The summed E-state index contributed by atoms with van der Waals surface area (Å²) in [6, 6.07) is 8.83. The van der Waals surface area contributed by atoms with Gasteiger partial charge in [0.2, 0.25) is 0 Å². The van der Waals surface area contributed by atoms with Gasteiger partial charge in [-0.25, -0.2) is 0 Å². The quantitative estimate of drug-likeness (QED) is 0.453. The molecular weight excluding hydrogens is 296 g/mol. The predicted molar refractivity (Wildman–Crippen MR) is 105 cm³/mol. The van der Waals surface area contributed by atoms with E-state index in [4.69, 9.17) is 0 Å². The highest BCUT2D eigenvalue weighted by Gasteiger charge is 2.16. The van der Waals surface area contributed by atoms with Crippen LogP contribution in [-0.2, 0) is 0 Å². The third-order valence-electron chi connectivity index (χ3n) is 4.26. The molecule has 0 aliphatic carbocycles.